The zero-order valence-corrected chi connectivity index (χ0v) is 15.1. The van der Waals surface area contributed by atoms with Gasteiger partial charge >= 0.3 is 0 Å². The van der Waals surface area contributed by atoms with Crippen LogP contribution < -0.4 is 5.32 Å². The van der Waals surface area contributed by atoms with Crippen molar-refractivity contribution in [1.82, 2.24) is 30.4 Å². The summed E-state index contributed by atoms with van der Waals surface area (Å²) < 4.78 is 14.8. The Morgan fingerprint density at radius 1 is 1.14 bits per heavy atom. The topological polar surface area (TPSA) is 101 Å². The van der Waals surface area contributed by atoms with Crippen molar-refractivity contribution < 1.29 is 9.18 Å². The Hall–Kier alpha value is -3.88. The summed E-state index contributed by atoms with van der Waals surface area (Å²) in [6.07, 6.45) is 0. The van der Waals surface area contributed by atoms with Crippen molar-refractivity contribution in [3.05, 3.63) is 71.3 Å². The van der Waals surface area contributed by atoms with Gasteiger partial charge in [0, 0.05) is 11.3 Å². The second-order valence-corrected chi connectivity index (χ2v) is 6.20. The smallest absolute Gasteiger partial charge is 0.259 e. The van der Waals surface area contributed by atoms with Crippen molar-refractivity contribution in [3.63, 3.8) is 0 Å². The number of tetrazole rings is 1. The van der Waals surface area contributed by atoms with E-state index in [0.717, 1.165) is 5.56 Å². The number of aromatic amines is 1. The molecule has 0 radical (unpaired) electrons. The number of hydrogen-bond donors (Lipinski definition) is 2. The van der Waals surface area contributed by atoms with Gasteiger partial charge in [0.15, 0.2) is 0 Å². The van der Waals surface area contributed by atoms with E-state index in [2.05, 4.69) is 31.0 Å². The minimum absolute atomic E-state index is 0.284. The number of aryl methyl sites for hydroxylation is 1. The van der Waals surface area contributed by atoms with Crippen LogP contribution >= 0.6 is 0 Å². The molecule has 28 heavy (non-hydrogen) atoms. The summed E-state index contributed by atoms with van der Waals surface area (Å²) >= 11 is 0. The number of hydrogen-bond acceptors (Lipinski definition) is 5. The first-order valence-corrected chi connectivity index (χ1v) is 8.50. The molecule has 0 saturated heterocycles. The predicted molar refractivity (Wildman–Crippen MR) is 101 cm³/mol. The summed E-state index contributed by atoms with van der Waals surface area (Å²) in [6.45, 7) is 3.56. The van der Waals surface area contributed by atoms with Crippen molar-refractivity contribution in [2.75, 3.05) is 5.32 Å². The zero-order chi connectivity index (χ0) is 19.7. The van der Waals surface area contributed by atoms with Gasteiger partial charge in [0.05, 0.1) is 22.6 Å². The lowest BCUT2D eigenvalue weighted by atomic mass is 10.1. The Labute approximate surface area is 159 Å². The van der Waals surface area contributed by atoms with Gasteiger partial charge in [-0.15, -0.1) is 10.2 Å². The lowest BCUT2D eigenvalue weighted by Crippen LogP contribution is -2.14. The van der Waals surface area contributed by atoms with E-state index in [1.807, 2.05) is 6.07 Å². The van der Waals surface area contributed by atoms with Crippen LogP contribution in [0.3, 0.4) is 0 Å². The standard InChI is InChI=1S/C19H16FN7O/c1-11-17(12(2)27(24-11)16-8-6-14(20)7-9-16)19(28)21-15-5-3-4-13(10-15)18-22-25-26-23-18/h3-10H,1-2H3,(H,21,28)(H,22,23,25,26). The lowest BCUT2D eigenvalue weighted by molar-refractivity contribution is 0.102. The van der Waals surface area contributed by atoms with Crippen LogP contribution in [0.1, 0.15) is 21.7 Å². The maximum atomic E-state index is 13.2. The van der Waals surface area contributed by atoms with Gasteiger partial charge < -0.3 is 5.32 Å². The number of nitrogens with one attached hydrogen (secondary N) is 2. The summed E-state index contributed by atoms with van der Waals surface area (Å²) in [7, 11) is 0. The number of aromatic nitrogens is 6. The second kappa shape index (κ2) is 7.03. The normalized spacial score (nSPS) is 10.8. The summed E-state index contributed by atoms with van der Waals surface area (Å²) in [6, 6.07) is 13.1. The Bertz CT molecular complexity index is 1130. The molecule has 8 nitrogen and oxygen atoms in total. The Morgan fingerprint density at radius 2 is 1.93 bits per heavy atom. The average Bonchev–Trinajstić information content (AvgIpc) is 3.31. The number of halogens is 1. The first kappa shape index (κ1) is 17.5. The third-order valence-electron chi connectivity index (χ3n) is 4.31. The van der Waals surface area contributed by atoms with Gasteiger partial charge in [-0.2, -0.15) is 10.3 Å². The monoisotopic (exact) mass is 377 g/mol. The largest absolute Gasteiger partial charge is 0.322 e. The molecule has 2 aromatic carbocycles. The summed E-state index contributed by atoms with van der Waals surface area (Å²) in [4.78, 5) is 12.9. The number of carbonyl (C=O) groups excluding carboxylic acids is 1. The highest BCUT2D eigenvalue weighted by Gasteiger charge is 2.20. The average molecular weight is 377 g/mol. The minimum Gasteiger partial charge on any atom is -0.322 e. The molecule has 0 bridgehead atoms. The van der Waals surface area contributed by atoms with Crippen LogP contribution in [-0.2, 0) is 0 Å². The first-order valence-electron chi connectivity index (χ1n) is 8.50. The van der Waals surface area contributed by atoms with Crippen molar-refractivity contribution >= 4 is 11.6 Å². The van der Waals surface area contributed by atoms with E-state index in [1.54, 1.807) is 48.9 Å². The number of benzene rings is 2. The van der Waals surface area contributed by atoms with E-state index >= 15 is 0 Å². The molecule has 0 fully saturated rings. The van der Waals surface area contributed by atoms with Gasteiger partial charge in [0.25, 0.3) is 5.91 Å². The van der Waals surface area contributed by atoms with Gasteiger partial charge in [0.1, 0.15) is 5.82 Å². The highest BCUT2D eigenvalue weighted by Crippen LogP contribution is 2.22. The number of nitrogens with zero attached hydrogens (tertiary/aromatic N) is 5. The van der Waals surface area contributed by atoms with Crippen LogP contribution in [0.4, 0.5) is 10.1 Å². The lowest BCUT2D eigenvalue weighted by Gasteiger charge is -2.08. The molecule has 4 aromatic rings. The quantitative estimate of drug-likeness (QED) is 0.569. The molecule has 0 aliphatic rings. The molecule has 0 aliphatic carbocycles. The zero-order valence-electron chi connectivity index (χ0n) is 15.1. The SMILES string of the molecule is Cc1nn(-c2ccc(F)cc2)c(C)c1C(=O)Nc1cccc(-c2nn[nH]n2)c1. The molecule has 0 aliphatic heterocycles. The highest BCUT2D eigenvalue weighted by molar-refractivity contribution is 6.06. The molecule has 2 aromatic heterocycles. The molecular weight excluding hydrogens is 361 g/mol. The fourth-order valence-electron chi connectivity index (χ4n) is 3.02. The van der Waals surface area contributed by atoms with Crippen molar-refractivity contribution in [3.8, 4) is 17.1 Å². The van der Waals surface area contributed by atoms with E-state index in [-0.39, 0.29) is 11.7 Å². The second-order valence-electron chi connectivity index (χ2n) is 6.20. The molecule has 0 atom stereocenters. The van der Waals surface area contributed by atoms with E-state index in [4.69, 9.17) is 0 Å². The molecule has 9 heteroatoms. The van der Waals surface area contributed by atoms with Crippen LogP contribution in [0.2, 0.25) is 0 Å². The number of anilines is 1. The minimum atomic E-state index is -0.329. The number of amides is 1. The van der Waals surface area contributed by atoms with Gasteiger partial charge in [-0.25, -0.2) is 9.07 Å². The maximum absolute atomic E-state index is 13.2. The van der Waals surface area contributed by atoms with E-state index in [9.17, 15) is 9.18 Å². The van der Waals surface area contributed by atoms with Gasteiger partial charge in [0.2, 0.25) is 5.82 Å². The fourth-order valence-corrected chi connectivity index (χ4v) is 3.02. The molecule has 0 spiro atoms. The van der Waals surface area contributed by atoms with Gasteiger partial charge in [-0.05, 0) is 55.5 Å². The molecular formula is C19H16FN7O. The molecule has 0 unspecified atom stereocenters. The first-order chi connectivity index (χ1) is 13.5. The maximum Gasteiger partial charge on any atom is 0.259 e. The molecule has 1 amide bonds. The number of H-pyrrole nitrogens is 1. The van der Waals surface area contributed by atoms with Crippen LogP contribution in [-0.4, -0.2) is 36.3 Å². The molecule has 2 N–H and O–H groups in total. The van der Waals surface area contributed by atoms with Crippen LogP contribution in [0.25, 0.3) is 17.1 Å². The van der Waals surface area contributed by atoms with Gasteiger partial charge in [-0.3, -0.25) is 4.79 Å². The Balaban J connectivity index is 1.62. The number of rotatable bonds is 4. The third-order valence-corrected chi connectivity index (χ3v) is 4.31. The van der Waals surface area contributed by atoms with Crippen LogP contribution in [0.15, 0.2) is 48.5 Å². The summed E-state index contributed by atoms with van der Waals surface area (Å²) in [5.74, 6) is -0.175. The van der Waals surface area contributed by atoms with E-state index in [1.165, 1.54) is 12.1 Å². The van der Waals surface area contributed by atoms with Crippen molar-refractivity contribution in [1.29, 1.82) is 0 Å². The Kier molecular flexibility index (Phi) is 4.40. The molecule has 2 heterocycles. The molecule has 0 saturated carbocycles. The number of carbonyl (C=O) groups is 1. The van der Waals surface area contributed by atoms with Crippen LogP contribution in [0.5, 0.6) is 0 Å². The molecule has 4 rings (SSSR count). The van der Waals surface area contributed by atoms with Crippen LogP contribution in [0, 0.1) is 19.7 Å². The van der Waals surface area contributed by atoms with Crippen molar-refractivity contribution in [2.45, 2.75) is 13.8 Å². The van der Waals surface area contributed by atoms with Crippen molar-refractivity contribution in [2.24, 2.45) is 0 Å². The van der Waals surface area contributed by atoms with Gasteiger partial charge in [-0.1, -0.05) is 12.1 Å². The third kappa shape index (κ3) is 3.25. The molecule has 140 valence electrons. The predicted octanol–water partition coefficient (Wildman–Crippen LogP) is 3.06. The highest BCUT2D eigenvalue weighted by atomic mass is 19.1. The Morgan fingerprint density at radius 3 is 2.64 bits per heavy atom. The van der Waals surface area contributed by atoms with E-state index in [0.29, 0.717) is 34.2 Å². The summed E-state index contributed by atoms with van der Waals surface area (Å²) in [5.41, 5.74) is 3.71. The fraction of sp³-hybridized carbons (Fsp3) is 0.105. The summed E-state index contributed by atoms with van der Waals surface area (Å²) in [5, 5.41) is 21.1. The van der Waals surface area contributed by atoms with E-state index < -0.39 is 0 Å².